The van der Waals surface area contributed by atoms with Crippen LogP contribution < -0.4 is 20.3 Å². The summed E-state index contributed by atoms with van der Waals surface area (Å²) < 4.78 is 35.1. The highest BCUT2D eigenvalue weighted by Gasteiger charge is 2.21. The number of aromatic amines is 1. The number of aryl methyl sites for hydroxylation is 3. The topological polar surface area (TPSA) is 135 Å². The number of sulfonamides is 1. The van der Waals surface area contributed by atoms with Crippen LogP contribution in [0.3, 0.4) is 0 Å². The molecule has 4 aromatic rings. The van der Waals surface area contributed by atoms with E-state index in [1.165, 1.54) is 23.9 Å². The number of H-pyrrole nitrogens is 1. The minimum absolute atomic E-state index is 0.00901. The van der Waals surface area contributed by atoms with Crippen molar-refractivity contribution >= 4 is 38.3 Å². The summed E-state index contributed by atoms with van der Waals surface area (Å²) in [4.78, 5) is 29.7. The highest BCUT2D eigenvalue weighted by atomic mass is 32.2. The van der Waals surface area contributed by atoms with Gasteiger partial charge in [0.15, 0.2) is 5.65 Å². The van der Waals surface area contributed by atoms with E-state index in [1.54, 1.807) is 57.3 Å². The van der Waals surface area contributed by atoms with E-state index in [1.807, 2.05) is 0 Å². The lowest BCUT2D eigenvalue weighted by atomic mass is 10.1. The molecule has 2 heterocycles. The summed E-state index contributed by atoms with van der Waals surface area (Å²) in [6.45, 7) is 3.38. The van der Waals surface area contributed by atoms with Gasteiger partial charge in [-0.2, -0.15) is 0 Å². The van der Waals surface area contributed by atoms with Crippen molar-refractivity contribution in [1.29, 1.82) is 0 Å². The monoisotopic (exact) mass is 481 g/mol. The zero-order valence-corrected chi connectivity index (χ0v) is 19.8. The largest absolute Gasteiger partial charge is 0.497 e. The van der Waals surface area contributed by atoms with Crippen LogP contribution in [0.4, 0.5) is 11.4 Å². The summed E-state index contributed by atoms with van der Waals surface area (Å²) in [5.41, 5.74) is 1.75. The number of fused-ring (bicyclic) bond motifs is 1. The Labute approximate surface area is 195 Å². The molecule has 0 atom stereocenters. The minimum Gasteiger partial charge on any atom is -0.497 e. The molecule has 0 saturated carbocycles. The van der Waals surface area contributed by atoms with Crippen molar-refractivity contribution in [2.45, 2.75) is 18.7 Å². The fourth-order valence-electron chi connectivity index (χ4n) is 3.60. The lowest BCUT2D eigenvalue weighted by Gasteiger charge is -2.13. The standard InChI is InChI=1S/C23H23N5O5S/c1-13-5-6-16(12-19(13)34(31,32)27-15-7-9-17(33-4)10-8-15)25-22(29)18-11-14(2)24-21-20(18)23(30)26-28(21)3/h5-12,27H,1-4H3,(H,25,29)(H,26,30). The highest BCUT2D eigenvalue weighted by Crippen LogP contribution is 2.25. The lowest BCUT2D eigenvalue weighted by molar-refractivity contribution is 0.102. The van der Waals surface area contributed by atoms with Crippen LogP contribution in [0.1, 0.15) is 21.6 Å². The predicted octanol–water partition coefficient (Wildman–Crippen LogP) is 2.94. The Kier molecular flexibility index (Phi) is 5.88. The molecule has 0 aliphatic heterocycles. The van der Waals surface area contributed by atoms with Gasteiger partial charge in [-0.25, -0.2) is 13.4 Å². The van der Waals surface area contributed by atoms with Gasteiger partial charge in [0.05, 0.1) is 23.0 Å². The molecule has 34 heavy (non-hydrogen) atoms. The molecule has 176 valence electrons. The number of aromatic nitrogens is 3. The predicted molar refractivity (Wildman–Crippen MR) is 129 cm³/mol. The first-order valence-electron chi connectivity index (χ1n) is 10.2. The van der Waals surface area contributed by atoms with E-state index in [0.29, 0.717) is 28.3 Å². The molecule has 4 rings (SSSR count). The number of pyridine rings is 1. The Morgan fingerprint density at radius 2 is 1.74 bits per heavy atom. The number of amides is 1. The van der Waals surface area contributed by atoms with Gasteiger partial charge >= 0.3 is 0 Å². The third-order valence-electron chi connectivity index (χ3n) is 5.26. The number of hydrogen-bond acceptors (Lipinski definition) is 6. The number of ether oxygens (including phenoxy) is 1. The summed E-state index contributed by atoms with van der Waals surface area (Å²) in [5.74, 6) is 0.0454. The van der Waals surface area contributed by atoms with Crippen molar-refractivity contribution in [3.05, 3.63) is 75.7 Å². The number of methoxy groups -OCH3 is 1. The SMILES string of the molecule is COc1ccc(NS(=O)(=O)c2cc(NC(=O)c3cc(C)nc4c3c(=O)[nH]n4C)ccc2C)cc1. The maximum Gasteiger partial charge on any atom is 0.274 e. The second-order valence-electron chi connectivity index (χ2n) is 7.78. The van der Waals surface area contributed by atoms with Crippen LogP contribution in [-0.4, -0.2) is 36.2 Å². The molecule has 0 saturated heterocycles. The van der Waals surface area contributed by atoms with Gasteiger partial charge in [0.1, 0.15) is 5.75 Å². The molecule has 0 aliphatic carbocycles. The van der Waals surface area contributed by atoms with Crippen molar-refractivity contribution in [1.82, 2.24) is 14.8 Å². The maximum absolute atomic E-state index is 13.1. The number of anilines is 2. The van der Waals surface area contributed by atoms with Crippen LogP contribution in [0.25, 0.3) is 11.0 Å². The van der Waals surface area contributed by atoms with Crippen LogP contribution in [0, 0.1) is 13.8 Å². The number of nitrogens with one attached hydrogen (secondary N) is 3. The van der Waals surface area contributed by atoms with E-state index < -0.39 is 21.5 Å². The summed E-state index contributed by atoms with van der Waals surface area (Å²) in [7, 11) is -0.790. The Morgan fingerprint density at radius 1 is 1.06 bits per heavy atom. The Morgan fingerprint density at radius 3 is 2.41 bits per heavy atom. The average molecular weight is 482 g/mol. The smallest absolute Gasteiger partial charge is 0.274 e. The van der Waals surface area contributed by atoms with E-state index in [-0.39, 0.29) is 21.5 Å². The van der Waals surface area contributed by atoms with E-state index in [2.05, 4.69) is 20.1 Å². The van der Waals surface area contributed by atoms with E-state index >= 15 is 0 Å². The first kappa shape index (κ1) is 23.1. The zero-order chi connectivity index (χ0) is 24.6. The molecule has 0 spiro atoms. The molecule has 0 radical (unpaired) electrons. The van der Waals surface area contributed by atoms with Crippen molar-refractivity contribution in [3.63, 3.8) is 0 Å². The summed E-state index contributed by atoms with van der Waals surface area (Å²) in [6, 6.07) is 12.6. The normalized spacial score (nSPS) is 11.4. The van der Waals surface area contributed by atoms with Gasteiger partial charge in [0.25, 0.3) is 21.5 Å². The fourth-order valence-corrected chi connectivity index (χ4v) is 4.93. The summed E-state index contributed by atoms with van der Waals surface area (Å²) in [5, 5.41) is 5.45. The van der Waals surface area contributed by atoms with Gasteiger partial charge < -0.3 is 10.1 Å². The van der Waals surface area contributed by atoms with Gasteiger partial charge in [-0.1, -0.05) is 6.07 Å². The number of nitrogens with zero attached hydrogens (tertiary/aromatic N) is 2. The number of carbonyl (C=O) groups excluding carboxylic acids is 1. The molecule has 0 fully saturated rings. The van der Waals surface area contributed by atoms with Crippen LogP contribution >= 0.6 is 0 Å². The molecular formula is C23H23N5O5S. The molecule has 1 amide bonds. The number of benzene rings is 2. The van der Waals surface area contributed by atoms with Crippen LogP contribution in [0.2, 0.25) is 0 Å². The van der Waals surface area contributed by atoms with Crippen LogP contribution in [0.15, 0.2) is 58.2 Å². The maximum atomic E-state index is 13.1. The molecule has 11 heteroatoms. The Hall–Kier alpha value is -4.12. The van der Waals surface area contributed by atoms with E-state index in [4.69, 9.17) is 4.74 Å². The third-order valence-corrected chi connectivity index (χ3v) is 6.79. The van der Waals surface area contributed by atoms with E-state index in [0.717, 1.165) is 0 Å². The first-order valence-corrected chi connectivity index (χ1v) is 11.7. The number of rotatable bonds is 6. The van der Waals surface area contributed by atoms with Crippen LogP contribution in [0.5, 0.6) is 5.75 Å². The van der Waals surface area contributed by atoms with Gasteiger partial charge in [-0.15, -0.1) is 0 Å². The molecule has 2 aromatic carbocycles. The van der Waals surface area contributed by atoms with Crippen molar-refractivity contribution in [2.24, 2.45) is 7.05 Å². The minimum atomic E-state index is -3.94. The van der Waals surface area contributed by atoms with Gasteiger partial charge in [0.2, 0.25) is 0 Å². The first-order chi connectivity index (χ1) is 16.1. The van der Waals surface area contributed by atoms with Crippen LogP contribution in [-0.2, 0) is 17.1 Å². The zero-order valence-electron chi connectivity index (χ0n) is 19.0. The summed E-state index contributed by atoms with van der Waals surface area (Å²) >= 11 is 0. The highest BCUT2D eigenvalue weighted by molar-refractivity contribution is 7.92. The number of hydrogen-bond donors (Lipinski definition) is 3. The Bertz CT molecular complexity index is 1570. The third kappa shape index (κ3) is 4.37. The molecule has 10 nitrogen and oxygen atoms in total. The average Bonchev–Trinajstić information content (AvgIpc) is 3.07. The van der Waals surface area contributed by atoms with Crippen molar-refractivity contribution < 1.29 is 17.9 Å². The van der Waals surface area contributed by atoms with Gasteiger partial charge in [-0.05, 0) is 61.9 Å². The van der Waals surface area contributed by atoms with Crippen molar-refractivity contribution in [3.8, 4) is 5.75 Å². The Balaban J connectivity index is 1.65. The molecule has 0 aliphatic rings. The quantitative estimate of drug-likeness (QED) is 0.388. The molecule has 0 bridgehead atoms. The van der Waals surface area contributed by atoms with Gasteiger partial charge in [-0.3, -0.25) is 24.1 Å². The molecule has 0 unspecified atom stereocenters. The second kappa shape index (κ2) is 8.67. The molecular weight excluding hydrogens is 458 g/mol. The van der Waals surface area contributed by atoms with E-state index in [9.17, 15) is 18.0 Å². The summed E-state index contributed by atoms with van der Waals surface area (Å²) in [6.07, 6.45) is 0. The molecule has 3 N–H and O–H groups in total. The second-order valence-corrected chi connectivity index (χ2v) is 9.43. The van der Waals surface area contributed by atoms with Gasteiger partial charge in [0, 0.05) is 24.1 Å². The molecule has 2 aromatic heterocycles. The number of carbonyl (C=O) groups is 1. The fraction of sp³-hybridized carbons (Fsp3) is 0.174. The lowest BCUT2D eigenvalue weighted by Crippen LogP contribution is -2.17. The van der Waals surface area contributed by atoms with Crippen molar-refractivity contribution in [2.75, 3.05) is 17.1 Å².